The van der Waals surface area contributed by atoms with Gasteiger partial charge in [-0.1, -0.05) is 0 Å². The third kappa shape index (κ3) is 16.7. The highest BCUT2D eigenvalue weighted by Crippen LogP contribution is 2.39. The summed E-state index contributed by atoms with van der Waals surface area (Å²) in [6.07, 6.45) is -68.9. The van der Waals surface area contributed by atoms with Gasteiger partial charge in [0.2, 0.25) is 23.6 Å². The maximum absolute atomic E-state index is 12.9. The van der Waals surface area contributed by atoms with Crippen molar-refractivity contribution in [2.24, 2.45) is 11.5 Å². The monoisotopic (exact) mass is 1350 g/mol. The fourth-order valence-corrected chi connectivity index (χ4v) is 11.5. The van der Waals surface area contributed by atoms with Gasteiger partial charge in [-0.05, 0) is 0 Å². The summed E-state index contributed by atoms with van der Waals surface area (Å²) in [6.45, 7) is -5.53. The van der Waals surface area contributed by atoms with E-state index in [1.807, 2.05) is 0 Å². The Bertz CT molecular complexity index is 2370. The van der Waals surface area contributed by atoms with Crippen molar-refractivity contribution in [2.75, 3.05) is 46.2 Å². The number of rotatable bonds is 26. The molecule has 0 radical (unpaired) electrons. The maximum Gasteiger partial charge on any atom is 0.235 e. The van der Waals surface area contributed by atoms with Crippen LogP contribution in [0, 0.1) is 0 Å². The molecule has 532 valence electrons. The molecule has 36 atom stereocenters. The molecule has 36 unspecified atom stereocenters. The van der Waals surface area contributed by atoms with Crippen LogP contribution in [0.1, 0.15) is 20.3 Å². The lowest BCUT2D eigenvalue weighted by molar-refractivity contribution is -0.416. The SMILES string of the molecule is CC(=O)NC1C(NC(CC(N)=O)C(N)=O)OC(CO)C(OC2OC(CO)C(OC3OC(CO)C(O)C(O)C3OC3OC(CO)C(O)C(O)C3OC3OC(CO)C(O)C(O)C3OC3OC(CO)C(O)C(O)C3OC3OC(CO)C(O)C(O)C3O)C(O)C2NC(C)=O)C1O. The molecule has 42 nitrogen and oxygen atoms in total. The Balaban J connectivity index is 1.18. The largest absolute Gasteiger partial charge is 0.394 e. The van der Waals surface area contributed by atoms with E-state index in [0.717, 1.165) is 13.8 Å². The predicted molar refractivity (Wildman–Crippen MR) is 283 cm³/mol. The lowest BCUT2D eigenvalue weighted by Gasteiger charge is -2.51. The summed E-state index contributed by atoms with van der Waals surface area (Å²) in [6, 6.07) is -5.04. The number of hydrogen-bond donors (Lipinski definition) is 25. The van der Waals surface area contributed by atoms with Gasteiger partial charge in [0.05, 0.1) is 64.8 Å². The van der Waals surface area contributed by atoms with Crippen LogP contribution >= 0.6 is 0 Å². The summed E-state index contributed by atoms with van der Waals surface area (Å²) >= 11 is 0. The molecule has 0 spiro atoms. The van der Waals surface area contributed by atoms with Crippen LogP contribution in [0.4, 0.5) is 0 Å². The van der Waals surface area contributed by atoms with Gasteiger partial charge >= 0.3 is 0 Å². The molecule has 0 saturated carbocycles. The molecular formula is C50H85N5O37. The van der Waals surface area contributed by atoms with Crippen molar-refractivity contribution >= 4 is 23.6 Å². The zero-order chi connectivity index (χ0) is 68.1. The van der Waals surface area contributed by atoms with Crippen LogP contribution in [0.3, 0.4) is 0 Å². The fraction of sp³-hybridized carbons (Fsp3) is 0.920. The van der Waals surface area contributed by atoms with E-state index in [-0.39, 0.29) is 0 Å². The smallest absolute Gasteiger partial charge is 0.235 e. The summed E-state index contributed by atoms with van der Waals surface area (Å²) in [5, 5.41) is 226. The van der Waals surface area contributed by atoms with Crippen LogP contribution in [0.5, 0.6) is 0 Å². The Morgan fingerprint density at radius 3 is 0.967 bits per heavy atom. The van der Waals surface area contributed by atoms with Crippen LogP contribution in [-0.2, 0) is 80.8 Å². The number of ether oxygens (including phenoxy) is 13. The lowest BCUT2D eigenvalue weighted by Crippen LogP contribution is -2.72. The Morgan fingerprint density at radius 2 is 0.630 bits per heavy atom. The second kappa shape index (κ2) is 33.2. The number of amides is 4. The quantitative estimate of drug-likeness (QED) is 0.0382. The van der Waals surface area contributed by atoms with Gasteiger partial charge in [0.15, 0.2) is 37.7 Å². The highest BCUT2D eigenvalue weighted by Gasteiger charge is 2.60. The van der Waals surface area contributed by atoms with Gasteiger partial charge in [0, 0.05) is 13.8 Å². The van der Waals surface area contributed by atoms with Crippen molar-refractivity contribution in [1.82, 2.24) is 16.0 Å². The van der Waals surface area contributed by atoms with E-state index < -0.39 is 297 Å². The number of nitrogens with one attached hydrogen (secondary N) is 3. The van der Waals surface area contributed by atoms with E-state index in [9.17, 15) is 121 Å². The number of aliphatic hydroxyl groups excluding tert-OH is 20. The summed E-state index contributed by atoms with van der Waals surface area (Å²) in [4.78, 5) is 49.4. The average Bonchev–Trinajstić information content (AvgIpc) is 0.776. The van der Waals surface area contributed by atoms with Crippen molar-refractivity contribution in [3.8, 4) is 0 Å². The molecule has 0 aliphatic carbocycles. The van der Waals surface area contributed by atoms with Crippen molar-refractivity contribution in [1.29, 1.82) is 0 Å². The molecule has 7 heterocycles. The fourth-order valence-electron chi connectivity index (χ4n) is 11.5. The molecule has 42 heteroatoms. The number of hydrogen-bond acceptors (Lipinski definition) is 38. The van der Waals surface area contributed by atoms with Gasteiger partial charge in [-0.25, -0.2) is 0 Å². The minimum atomic E-state index is -2.36. The van der Waals surface area contributed by atoms with E-state index in [2.05, 4.69) is 16.0 Å². The Kier molecular flexibility index (Phi) is 27.4. The first-order valence-corrected chi connectivity index (χ1v) is 29.0. The second-order valence-corrected chi connectivity index (χ2v) is 22.9. The minimum absolute atomic E-state index is 0.690. The van der Waals surface area contributed by atoms with E-state index in [1.54, 1.807) is 0 Å². The third-order valence-electron chi connectivity index (χ3n) is 16.5. The average molecular weight is 1350 g/mol. The number of primary amides is 2. The highest BCUT2D eigenvalue weighted by molar-refractivity contribution is 5.86. The summed E-state index contributed by atoms with van der Waals surface area (Å²) in [5.41, 5.74) is 10.7. The van der Waals surface area contributed by atoms with Crippen LogP contribution in [0.2, 0.25) is 0 Å². The number of aliphatic hydroxyl groups is 20. The van der Waals surface area contributed by atoms with E-state index in [0.29, 0.717) is 0 Å². The molecule has 92 heavy (non-hydrogen) atoms. The molecule has 7 saturated heterocycles. The molecule has 0 aromatic carbocycles. The van der Waals surface area contributed by atoms with Gasteiger partial charge in [-0.15, -0.1) is 0 Å². The summed E-state index contributed by atoms with van der Waals surface area (Å²) in [7, 11) is 0. The summed E-state index contributed by atoms with van der Waals surface area (Å²) in [5.74, 6) is -3.83. The molecule has 4 amide bonds. The number of carbonyl (C=O) groups is 4. The number of carbonyl (C=O) groups excluding carboxylic acids is 4. The first kappa shape index (κ1) is 75.9. The van der Waals surface area contributed by atoms with Crippen molar-refractivity contribution < 1.29 is 183 Å². The molecular weight excluding hydrogens is 1260 g/mol. The molecule has 0 aromatic rings. The Hall–Kier alpha value is -3.48. The van der Waals surface area contributed by atoms with E-state index in [1.165, 1.54) is 0 Å². The van der Waals surface area contributed by atoms with E-state index in [4.69, 9.17) is 73.0 Å². The van der Waals surface area contributed by atoms with Gasteiger partial charge in [-0.2, -0.15) is 0 Å². The van der Waals surface area contributed by atoms with Crippen molar-refractivity contribution in [3.63, 3.8) is 0 Å². The predicted octanol–water partition coefficient (Wildman–Crippen LogP) is -17.7. The van der Waals surface area contributed by atoms with Gasteiger partial charge in [-0.3, -0.25) is 24.5 Å². The zero-order valence-corrected chi connectivity index (χ0v) is 49.0. The molecule has 27 N–H and O–H groups in total. The molecule has 0 aromatic heterocycles. The first-order valence-electron chi connectivity index (χ1n) is 29.0. The van der Waals surface area contributed by atoms with Crippen LogP contribution < -0.4 is 27.4 Å². The van der Waals surface area contributed by atoms with Crippen LogP contribution in [-0.4, -0.2) is 393 Å². The van der Waals surface area contributed by atoms with Crippen molar-refractivity contribution in [2.45, 2.75) is 241 Å². The lowest BCUT2D eigenvalue weighted by atomic mass is 9.93. The van der Waals surface area contributed by atoms with Crippen LogP contribution in [0.25, 0.3) is 0 Å². The Labute approximate surface area is 520 Å². The molecule has 7 aliphatic heterocycles. The van der Waals surface area contributed by atoms with Gasteiger partial charge < -0.3 is 186 Å². The first-order chi connectivity index (χ1) is 43.5. The maximum atomic E-state index is 12.9. The van der Waals surface area contributed by atoms with Gasteiger partial charge in [0.1, 0.15) is 171 Å². The number of nitrogens with two attached hydrogens (primary N) is 2. The molecule has 7 aliphatic rings. The standard InChI is InChI=1S/C50H85N5O37/c1-11(63)53-22-29(71)37(19(9-61)80-44(22)55-13(43(52)79)3-21(51)65)87-45-23(54-12(2)64)30(72)38(20(10-62)86-45)88-47-40(33(75)26(68)15(5-57)82-47)90-49-42(35(77)28(70)17(7-59)84-49)92-50-41(34(76)27(69)18(8-60)85-50)91-48-39(32(74)25(67)16(6-58)83-48)89-46-36(78)31(73)24(66)14(4-56)81-46/h13-20,22-42,44-50,55-62,66-78H,3-10H2,1-2H3,(H2,51,65)(H2,52,79)(H,53,63)(H,54,64). The summed E-state index contributed by atoms with van der Waals surface area (Å²) < 4.78 is 76.5. The molecule has 7 fully saturated rings. The second-order valence-electron chi connectivity index (χ2n) is 22.9. The zero-order valence-electron chi connectivity index (χ0n) is 49.0. The Morgan fingerprint density at radius 1 is 0.348 bits per heavy atom. The van der Waals surface area contributed by atoms with E-state index >= 15 is 0 Å². The molecule has 7 rings (SSSR count). The topological polar surface area (TPSA) is 681 Å². The minimum Gasteiger partial charge on any atom is -0.394 e. The molecule has 0 bridgehead atoms. The third-order valence-corrected chi connectivity index (χ3v) is 16.5. The van der Waals surface area contributed by atoms with Crippen molar-refractivity contribution in [3.05, 3.63) is 0 Å². The highest BCUT2D eigenvalue weighted by atomic mass is 16.8. The normalized spacial score (nSPS) is 47.3. The van der Waals surface area contributed by atoms with Gasteiger partial charge in [0.25, 0.3) is 0 Å². The van der Waals surface area contributed by atoms with Crippen LogP contribution in [0.15, 0.2) is 0 Å².